The number of benzene rings is 1. The molecule has 0 aliphatic rings. The minimum Gasteiger partial charge on any atom is -0.456 e. The van der Waals surface area contributed by atoms with E-state index < -0.39 is 0 Å². The highest BCUT2D eigenvalue weighted by Crippen LogP contribution is 2.32. The molecule has 0 radical (unpaired) electrons. The second-order valence-corrected chi connectivity index (χ2v) is 4.17. The summed E-state index contributed by atoms with van der Waals surface area (Å²) in [6, 6.07) is 3.33. The Morgan fingerprint density at radius 2 is 2.00 bits per heavy atom. The Morgan fingerprint density at radius 3 is 2.56 bits per heavy atom. The molecule has 0 fully saturated rings. The van der Waals surface area contributed by atoms with Crippen molar-refractivity contribution in [3.8, 4) is 0 Å². The maximum absolute atomic E-state index is 13.6. The molecule has 1 atom stereocenters. The number of rotatable bonds is 2. The number of furan rings is 1. The van der Waals surface area contributed by atoms with E-state index in [1.54, 1.807) is 6.07 Å². The van der Waals surface area contributed by atoms with Crippen LogP contribution < -0.4 is 5.32 Å². The van der Waals surface area contributed by atoms with Crippen LogP contribution in [0.4, 0.5) is 4.39 Å². The molecule has 1 heterocycles. The van der Waals surface area contributed by atoms with Gasteiger partial charge in [-0.1, -0.05) is 6.07 Å². The van der Waals surface area contributed by atoms with Gasteiger partial charge in [-0.05, 0) is 39.4 Å². The number of aryl methyl sites for hydroxylation is 2. The van der Waals surface area contributed by atoms with Gasteiger partial charge in [0.2, 0.25) is 0 Å². The summed E-state index contributed by atoms with van der Waals surface area (Å²) in [5, 5.41) is 4.01. The topological polar surface area (TPSA) is 25.2 Å². The van der Waals surface area contributed by atoms with Crippen molar-refractivity contribution in [3.63, 3.8) is 0 Å². The van der Waals surface area contributed by atoms with Crippen molar-refractivity contribution in [3.05, 3.63) is 34.8 Å². The van der Waals surface area contributed by atoms with Crippen LogP contribution in [0.15, 0.2) is 16.5 Å². The van der Waals surface area contributed by atoms with Crippen molar-refractivity contribution < 1.29 is 8.81 Å². The fourth-order valence-electron chi connectivity index (χ4n) is 2.08. The summed E-state index contributed by atoms with van der Waals surface area (Å²) in [4.78, 5) is 0. The number of fused-ring (bicyclic) bond motifs is 1. The van der Waals surface area contributed by atoms with E-state index in [-0.39, 0.29) is 11.9 Å². The SMILES string of the molecule is CNC(C)c1oc2c(F)ccc(C)c2c1C. The van der Waals surface area contributed by atoms with Gasteiger partial charge in [0, 0.05) is 10.9 Å². The molecular formula is C13H16FNO. The Bertz CT molecular complexity index is 530. The Labute approximate surface area is 94.4 Å². The van der Waals surface area contributed by atoms with Crippen molar-refractivity contribution in [1.29, 1.82) is 0 Å². The summed E-state index contributed by atoms with van der Waals surface area (Å²) in [6.07, 6.45) is 0. The molecule has 0 aliphatic heterocycles. The van der Waals surface area contributed by atoms with Crippen molar-refractivity contribution in [2.24, 2.45) is 0 Å². The van der Waals surface area contributed by atoms with Crippen LogP contribution in [-0.4, -0.2) is 7.05 Å². The number of hydrogen-bond acceptors (Lipinski definition) is 2. The lowest BCUT2D eigenvalue weighted by atomic mass is 10.0. The van der Waals surface area contributed by atoms with Crippen LogP contribution in [0.2, 0.25) is 0 Å². The third kappa shape index (κ3) is 1.52. The molecule has 0 amide bonds. The molecule has 1 aromatic heterocycles. The average Bonchev–Trinajstić information content (AvgIpc) is 2.62. The van der Waals surface area contributed by atoms with Crippen molar-refractivity contribution >= 4 is 11.0 Å². The molecule has 1 aromatic carbocycles. The molecule has 2 aromatic rings. The van der Waals surface area contributed by atoms with Gasteiger partial charge in [0.25, 0.3) is 0 Å². The molecule has 2 rings (SSSR count). The smallest absolute Gasteiger partial charge is 0.170 e. The number of halogens is 1. The number of nitrogens with one attached hydrogen (secondary N) is 1. The first-order valence-electron chi connectivity index (χ1n) is 5.41. The molecule has 0 spiro atoms. The average molecular weight is 221 g/mol. The van der Waals surface area contributed by atoms with Gasteiger partial charge in [0.05, 0.1) is 6.04 Å². The predicted octanol–water partition coefficient (Wildman–Crippen LogP) is 3.47. The standard InChI is InChI=1S/C13H16FNO/c1-7-5-6-10(14)13-11(7)8(2)12(16-13)9(3)15-4/h5-6,9,15H,1-4H3. The summed E-state index contributed by atoms with van der Waals surface area (Å²) in [5.74, 6) is 0.518. The van der Waals surface area contributed by atoms with Gasteiger partial charge >= 0.3 is 0 Å². The van der Waals surface area contributed by atoms with E-state index >= 15 is 0 Å². The Hall–Kier alpha value is -1.35. The van der Waals surface area contributed by atoms with E-state index in [4.69, 9.17) is 4.42 Å². The van der Waals surface area contributed by atoms with E-state index in [1.165, 1.54) is 6.07 Å². The lowest BCUT2D eigenvalue weighted by Crippen LogP contribution is -2.12. The second-order valence-electron chi connectivity index (χ2n) is 4.17. The largest absolute Gasteiger partial charge is 0.456 e. The molecule has 0 bridgehead atoms. The van der Waals surface area contributed by atoms with Crippen LogP contribution in [0.25, 0.3) is 11.0 Å². The third-order valence-corrected chi connectivity index (χ3v) is 3.10. The van der Waals surface area contributed by atoms with E-state index in [0.29, 0.717) is 5.58 Å². The van der Waals surface area contributed by atoms with E-state index in [9.17, 15) is 4.39 Å². The quantitative estimate of drug-likeness (QED) is 0.840. The van der Waals surface area contributed by atoms with Crippen molar-refractivity contribution in [1.82, 2.24) is 5.32 Å². The third-order valence-electron chi connectivity index (χ3n) is 3.10. The molecule has 2 nitrogen and oxygen atoms in total. The summed E-state index contributed by atoms with van der Waals surface area (Å²) < 4.78 is 19.2. The van der Waals surface area contributed by atoms with Crippen LogP contribution in [0.5, 0.6) is 0 Å². The van der Waals surface area contributed by atoms with Crippen LogP contribution in [0.1, 0.15) is 29.9 Å². The minimum atomic E-state index is -0.293. The van der Waals surface area contributed by atoms with Gasteiger partial charge in [0.1, 0.15) is 5.76 Å². The van der Waals surface area contributed by atoms with Gasteiger partial charge in [0.15, 0.2) is 11.4 Å². The number of hydrogen-bond donors (Lipinski definition) is 1. The van der Waals surface area contributed by atoms with Gasteiger partial charge < -0.3 is 9.73 Å². The fraction of sp³-hybridized carbons (Fsp3) is 0.385. The first kappa shape index (κ1) is 11.1. The molecule has 86 valence electrons. The molecule has 0 saturated carbocycles. The first-order chi connectivity index (χ1) is 7.56. The zero-order chi connectivity index (χ0) is 11.9. The van der Waals surface area contributed by atoms with Gasteiger partial charge in [-0.15, -0.1) is 0 Å². The highest BCUT2D eigenvalue weighted by molar-refractivity contribution is 5.86. The Kier molecular flexibility index (Phi) is 2.72. The van der Waals surface area contributed by atoms with Crippen LogP contribution in [-0.2, 0) is 0 Å². The van der Waals surface area contributed by atoms with E-state index in [0.717, 1.165) is 22.3 Å². The summed E-state index contributed by atoms with van der Waals surface area (Å²) in [6.45, 7) is 5.94. The molecule has 0 saturated heterocycles. The molecule has 1 N–H and O–H groups in total. The van der Waals surface area contributed by atoms with E-state index in [1.807, 2.05) is 27.8 Å². The zero-order valence-corrected chi connectivity index (χ0v) is 10.0. The lowest BCUT2D eigenvalue weighted by molar-refractivity contribution is 0.459. The molecule has 3 heteroatoms. The fourth-order valence-corrected chi connectivity index (χ4v) is 2.08. The van der Waals surface area contributed by atoms with E-state index in [2.05, 4.69) is 5.32 Å². The minimum absolute atomic E-state index is 0.0891. The van der Waals surface area contributed by atoms with Crippen molar-refractivity contribution in [2.75, 3.05) is 7.05 Å². The van der Waals surface area contributed by atoms with Crippen LogP contribution >= 0.6 is 0 Å². The molecule has 0 aliphatic carbocycles. The second kappa shape index (κ2) is 3.91. The zero-order valence-electron chi connectivity index (χ0n) is 10.0. The van der Waals surface area contributed by atoms with Crippen LogP contribution in [0.3, 0.4) is 0 Å². The van der Waals surface area contributed by atoms with Crippen LogP contribution in [0, 0.1) is 19.7 Å². The van der Waals surface area contributed by atoms with Gasteiger partial charge in [-0.25, -0.2) is 4.39 Å². The molecule has 1 unspecified atom stereocenters. The lowest BCUT2D eigenvalue weighted by Gasteiger charge is -2.07. The maximum Gasteiger partial charge on any atom is 0.170 e. The highest BCUT2D eigenvalue weighted by Gasteiger charge is 2.18. The summed E-state index contributed by atoms with van der Waals surface area (Å²) in [7, 11) is 1.86. The summed E-state index contributed by atoms with van der Waals surface area (Å²) >= 11 is 0. The van der Waals surface area contributed by atoms with Gasteiger partial charge in [-0.2, -0.15) is 0 Å². The monoisotopic (exact) mass is 221 g/mol. The predicted molar refractivity (Wildman–Crippen MR) is 63.1 cm³/mol. The Morgan fingerprint density at radius 1 is 1.31 bits per heavy atom. The first-order valence-corrected chi connectivity index (χ1v) is 5.41. The molecular weight excluding hydrogens is 205 g/mol. The Balaban J connectivity index is 2.77. The maximum atomic E-state index is 13.6. The normalized spacial score (nSPS) is 13.3. The summed E-state index contributed by atoms with van der Waals surface area (Å²) in [5.41, 5.74) is 2.44. The molecule has 16 heavy (non-hydrogen) atoms. The highest BCUT2D eigenvalue weighted by atomic mass is 19.1. The van der Waals surface area contributed by atoms with Gasteiger partial charge in [-0.3, -0.25) is 0 Å². The van der Waals surface area contributed by atoms with Crippen molar-refractivity contribution in [2.45, 2.75) is 26.8 Å².